The van der Waals surface area contributed by atoms with Gasteiger partial charge in [0.05, 0.1) is 6.61 Å². The van der Waals surface area contributed by atoms with Gasteiger partial charge in [-0.15, -0.1) is 0 Å². The van der Waals surface area contributed by atoms with Crippen LogP contribution in [0.5, 0.6) is 0 Å². The Morgan fingerprint density at radius 3 is 2.62 bits per heavy atom. The summed E-state index contributed by atoms with van der Waals surface area (Å²) in [5.74, 6) is -1.30. The predicted molar refractivity (Wildman–Crippen MR) is 90.2 cm³/mol. The summed E-state index contributed by atoms with van der Waals surface area (Å²) in [5.41, 5.74) is 0.807. The van der Waals surface area contributed by atoms with E-state index in [0.717, 1.165) is 11.0 Å². The minimum Gasteiger partial charge on any atom is -0.348 e. The molecule has 3 aliphatic rings. The normalized spacial score (nSPS) is 38.1. The lowest BCUT2D eigenvalue weighted by atomic mass is 10.1. The van der Waals surface area contributed by atoms with E-state index < -0.39 is 11.6 Å². The molecule has 5 heterocycles. The zero-order valence-corrected chi connectivity index (χ0v) is 15.3. The van der Waals surface area contributed by atoms with Crippen molar-refractivity contribution in [2.24, 2.45) is 0 Å². The Balaban J connectivity index is 1.51. The van der Waals surface area contributed by atoms with Crippen molar-refractivity contribution in [3.8, 4) is 0 Å². The summed E-state index contributed by atoms with van der Waals surface area (Å²) in [7, 11) is 0. The van der Waals surface area contributed by atoms with Gasteiger partial charge in [-0.25, -0.2) is 9.97 Å². The van der Waals surface area contributed by atoms with Gasteiger partial charge in [0, 0.05) is 17.8 Å². The summed E-state index contributed by atoms with van der Waals surface area (Å²) in [6, 6.07) is 1.97. The molecule has 0 spiro atoms. The molecule has 3 aliphatic heterocycles. The lowest BCUT2D eigenvalue weighted by Crippen LogP contribution is -2.40. The number of rotatable bonds is 2. The minimum atomic E-state index is -0.678. The monoisotopic (exact) mass is 361 g/mol. The highest BCUT2D eigenvalue weighted by molar-refractivity contribution is 5.74. The molecule has 3 fully saturated rings. The van der Waals surface area contributed by atoms with Gasteiger partial charge in [0.25, 0.3) is 0 Å². The molecule has 0 radical (unpaired) electrons. The van der Waals surface area contributed by atoms with Crippen LogP contribution in [-0.4, -0.2) is 57.1 Å². The van der Waals surface area contributed by atoms with E-state index in [1.165, 1.54) is 6.33 Å². The predicted octanol–water partition coefficient (Wildman–Crippen LogP) is 2.00. The van der Waals surface area contributed by atoms with E-state index in [-0.39, 0.29) is 30.6 Å². The van der Waals surface area contributed by atoms with Gasteiger partial charge in [-0.1, -0.05) is 0 Å². The third-order valence-electron chi connectivity index (χ3n) is 5.11. The van der Waals surface area contributed by atoms with Gasteiger partial charge >= 0.3 is 0 Å². The van der Waals surface area contributed by atoms with E-state index in [0.29, 0.717) is 6.61 Å². The summed E-state index contributed by atoms with van der Waals surface area (Å²) in [5, 5.41) is 0.954. The van der Waals surface area contributed by atoms with Gasteiger partial charge < -0.3 is 28.3 Å². The van der Waals surface area contributed by atoms with Crippen LogP contribution in [-0.2, 0) is 23.7 Å². The van der Waals surface area contributed by atoms with E-state index in [4.69, 9.17) is 23.7 Å². The SMILES string of the molecule is CC1(C)O[C@H]2[C@@H](O1)[C@H](n1ccc3cncnc31)O[C@H]2[C@H]1COC(C)(C)O1. The summed E-state index contributed by atoms with van der Waals surface area (Å²) in [4.78, 5) is 8.48. The van der Waals surface area contributed by atoms with Crippen molar-refractivity contribution in [2.75, 3.05) is 6.61 Å². The number of ether oxygens (including phenoxy) is 5. The molecule has 0 aliphatic carbocycles. The molecule has 2 aromatic rings. The Bertz CT molecular complexity index is 835. The Hall–Kier alpha value is -1.58. The molecular weight excluding hydrogens is 338 g/mol. The molecule has 0 aromatic carbocycles. The number of fused-ring (bicyclic) bond motifs is 2. The fourth-order valence-electron chi connectivity index (χ4n) is 4.11. The smallest absolute Gasteiger partial charge is 0.164 e. The Labute approximate surface area is 151 Å². The average Bonchev–Trinajstić information content (AvgIpc) is 3.29. The van der Waals surface area contributed by atoms with Crippen molar-refractivity contribution in [1.82, 2.24) is 14.5 Å². The lowest BCUT2D eigenvalue weighted by molar-refractivity contribution is -0.215. The van der Waals surface area contributed by atoms with Crippen molar-refractivity contribution in [1.29, 1.82) is 0 Å². The van der Waals surface area contributed by atoms with Crippen LogP contribution in [0.3, 0.4) is 0 Å². The maximum absolute atomic E-state index is 6.40. The molecular formula is C18H23N3O5. The van der Waals surface area contributed by atoms with Crippen LogP contribution in [0.4, 0.5) is 0 Å². The second kappa shape index (κ2) is 5.46. The molecule has 2 aromatic heterocycles. The van der Waals surface area contributed by atoms with Crippen molar-refractivity contribution in [3.63, 3.8) is 0 Å². The van der Waals surface area contributed by atoms with E-state index >= 15 is 0 Å². The Morgan fingerprint density at radius 2 is 1.85 bits per heavy atom. The van der Waals surface area contributed by atoms with Crippen molar-refractivity contribution >= 4 is 11.0 Å². The van der Waals surface area contributed by atoms with Gasteiger partial charge in [0.2, 0.25) is 0 Å². The van der Waals surface area contributed by atoms with Gasteiger partial charge in [0.15, 0.2) is 17.8 Å². The molecule has 26 heavy (non-hydrogen) atoms. The van der Waals surface area contributed by atoms with Crippen LogP contribution in [0.1, 0.15) is 33.9 Å². The molecule has 140 valence electrons. The van der Waals surface area contributed by atoms with Gasteiger partial charge in [0.1, 0.15) is 36.4 Å². The summed E-state index contributed by atoms with van der Waals surface area (Å²) >= 11 is 0. The molecule has 8 heteroatoms. The van der Waals surface area contributed by atoms with Crippen LogP contribution in [0.2, 0.25) is 0 Å². The number of nitrogens with zero attached hydrogens (tertiary/aromatic N) is 3. The molecule has 5 atom stereocenters. The molecule has 3 saturated heterocycles. The summed E-state index contributed by atoms with van der Waals surface area (Å²) in [6.45, 7) is 8.12. The van der Waals surface area contributed by atoms with Crippen LogP contribution in [0.25, 0.3) is 11.0 Å². The number of hydrogen-bond donors (Lipinski definition) is 0. The maximum Gasteiger partial charge on any atom is 0.164 e. The van der Waals surface area contributed by atoms with Crippen LogP contribution in [0, 0.1) is 0 Å². The quantitative estimate of drug-likeness (QED) is 0.810. The molecule has 0 N–H and O–H groups in total. The maximum atomic E-state index is 6.40. The van der Waals surface area contributed by atoms with Gasteiger partial charge in [-0.2, -0.15) is 0 Å². The highest BCUT2D eigenvalue weighted by Crippen LogP contribution is 2.46. The number of hydrogen-bond acceptors (Lipinski definition) is 7. The minimum absolute atomic E-state index is 0.212. The second-order valence-corrected chi connectivity index (χ2v) is 7.95. The summed E-state index contributed by atoms with van der Waals surface area (Å²) in [6.07, 6.45) is 3.93. The highest BCUT2D eigenvalue weighted by Gasteiger charge is 2.59. The van der Waals surface area contributed by atoms with Crippen LogP contribution in [0.15, 0.2) is 24.8 Å². The lowest BCUT2D eigenvalue weighted by Gasteiger charge is -2.27. The topological polar surface area (TPSA) is 76.9 Å². The zero-order chi connectivity index (χ0) is 18.1. The van der Waals surface area contributed by atoms with E-state index in [1.54, 1.807) is 6.20 Å². The van der Waals surface area contributed by atoms with Crippen molar-refractivity contribution in [3.05, 3.63) is 24.8 Å². The van der Waals surface area contributed by atoms with Crippen LogP contribution < -0.4 is 0 Å². The standard InChI is InChI=1S/C18H23N3O5/c1-17(2)22-8-11(24-17)12-13-14(26-18(3,4)25-13)16(23-12)21-6-5-10-7-19-9-20-15(10)21/h5-7,9,11-14,16H,8H2,1-4H3/t11-,12+,13-,14-,16-/m1/s1. The average molecular weight is 361 g/mol. The Kier molecular flexibility index (Phi) is 3.48. The van der Waals surface area contributed by atoms with Crippen molar-refractivity contribution in [2.45, 2.75) is 69.9 Å². The Morgan fingerprint density at radius 1 is 1.04 bits per heavy atom. The fourth-order valence-corrected chi connectivity index (χ4v) is 4.11. The van der Waals surface area contributed by atoms with Crippen LogP contribution >= 0.6 is 0 Å². The first-order valence-corrected chi connectivity index (χ1v) is 8.92. The fraction of sp³-hybridized carbons (Fsp3) is 0.667. The van der Waals surface area contributed by atoms with Gasteiger partial charge in [-0.05, 0) is 33.8 Å². The first-order chi connectivity index (χ1) is 12.3. The molecule has 0 saturated carbocycles. The van der Waals surface area contributed by atoms with Crippen molar-refractivity contribution < 1.29 is 23.7 Å². The zero-order valence-electron chi connectivity index (χ0n) is 15.3. The van der Waals surface area contributed by atoms with Gasteiger partial charge in [-0.3, -0.25) is 0 Å². The first-order valence-electron chi connectivity index (χ1n) is 8.92. The number of aromatic nitrogens is 3. The molecule has 0 unspecified atom stereocenters. The highest BCUT2D eigenvalue weighted by atomic mass is 16.8. The van der Waals surface area contributed by atoms with E-state index in [1.807, 2.05) is 44.5 Å². The molecule has 8 nitrogen and oxygen atoms in total. The molecule has 0 amide bonds. The third kappa shape index (κ3) is 2.56. The largest absolute Gasteiger partial charge is 0.348 e. The second-order valence-electron chi connectivity index (χ2n) is 7.95. The van der Waals surface area contributed by atoms with E-state index in [9.17, 15) is 0 Å². The molecule has 0 bridgehead atoms. The first kappa shape index (κ1) is 16.6. The summed E-state index contributed by atoms with van der Waals surface area (Å²) < 4.78 is 32.5. The molecule has 5 rings (SSSR count). The third-order valence-corrected chi connectivity index (χ3v) is 5.11. The van der Waals surface area contributed by atoms with E-state index in [2.05, 4.69) is 9.97 Å².